The fraction of sp³-hybridized carbons (Fsp3) is 0.538. The van der Waals surface area contributed by atoms with Crippen LogP contribution in [0, 0.1) is 6.92 Å². The average molecular weight is 250 g/mol. The molecule has 1 aromatic rings. The van der Waals surface area contributed by atoms with Crippen LogP contribution in [0.2, 0.25) is 0 Å². The molecule has 98 valence electrons. The molecule has 1 unspecified atom stereocenters. The summed E-state index contributed by atoms with van der Waals surface area (Å²) in [7, 11) is 0. The molecule has 0 saturated carbocycles. The van der Waals surface area contributed by atoms with Crippen molar-refractivity contribution in [2.45, 2.75) is 26.4 Å². The molecule has 0 aromatic carbocycles. The molecular weight excluding hydrogens is 232 g/mol. The summed E-state index contributed by atoms with van der Waals surface area (Å²) in [6.07, 6.45) is 2.56. The van der Waals surface area contributed by atoms with Gasteiger partial charge in [0.15, 0.2) is 0 Å². The summed E-state index contributed by atoms with van der Waals surface area (Å²) < 4.78 is 5.59. The van der Waals surface area contributed by atoms with E-state index in [0.717, 1.165) is 37.5 Å². The van der Waals surface area contributed by atoms with Crippen LogP contribution in [0.4, 0.5) is 5.82 Å². The van der Waals surface area contributed by atoms with Gasteiger partial charge < -0.3 is 14.7 Å². The fourth-order valence-electron chi connectivity index (χ4n) is 2.20. The Labute approximate surface area is 106 Å². The Morgan fingerprint density at radius 2 is 2.39 bits per heavy atom. The van der Waals surface area contributed by atoms with E-state index in [-0.39, 0.29) is 11.7 Å². The Bertz CT molecular complexity index is 448. The number of carbonyl (C=O) groups is 1. The lowest BCUT2D eigenvalue weighted by Gasteiger charge is -2.24. The van der Waals surface area contributed by atoms with Crippen molar-refractivity contribution in [2.75, 3.05) is 24.6 Å². The first-order valence-electron chi connectivity index (χ1n) is 6.14. The van der Waals surface area contributed by atoms with Crippen molar-refractivity contribution in [3.05, 3.63) is 23.4 Å². The van der Waals surface area contributed by atoms with Gasteiger partial charge in [-0.15, -0.1) is 0 Å². The molecule has 1 atom stereocenters. The van der Waals surface area contributed by atoms with Gasteiger partial charge in [-0.3, -0.25) is 0 Å². The van der Waals surface area contributed by atoms with E-state index in [4.69, 9.17) is 9.84 Å². The molecule has 0 aliphatic carbocycles. The lowest BCUT2D eigenvalue weighted by Crippen LogP contribution is -2.31. The molecule has 0 radical (unpaired) electrons. The predicted octanol–water partition coefficient (Wildman–Crippen LogP) is 1.70. The van der Waals surface area contributed by atoms with E-state index in [1.54, 1.807) is 6.07 Å². The maximum Gasteiger partial charge on any atom is 0.337 e. The number of pyridine rings is 1. The normalized spacial score (nSPS) is 20.6. The maximum absolute atomic E-state index is 10.9. The minimum absolute atomic E-state index is 0.174. The zero-order valence-electron chi connectivity index (χ0n) is 10.7. The Balaban J connectivity index is 2.24. The van der Waals surface area contributed by atoms with Gasteiger partial charge in [0, 0.05) is 25.9 Å². The number of anilines is 1. The number of carboxylic acids is 1. The zero-order chi connectivity index (χ0) is 13.1. The number of nitrogens with zero attached hydrogens (tertiary/aromatic N) is 2. The van der Waals surface area contributed by atoms with Gasteiger partial charge >= 0.3 is 5.97 Å². The highest BCUT2D eigenvalue weighted by Crippen LogP contribution is 2.20. The summed E-state index contributed by atoms with van der Waals surface area (Å²) in [6.45, 7) is 6.39. The Morgan fingerprint density at radius 3 is 3.06 bits per heavy atom. The third-order valence-corrected chi connectivity index (χ3v) is 3.05. The molecule has 1 aliphatic rings. The summed E-state index contributed by atoms with van der Waals surface area (Å²) in [4.78, 5) is 17.3. The molecule has 1 N–H and O–H groups in total. The molecule has 1 fully saturated rings. The predicted molar refractivity (Wildman–Crippen MR) is 68.2 cm³/mol. The first-order valence-corrected chi connectivity index (χ1v) is 6.14. The second-order valence-electron chi connectivity index (χ2n) is 4.65. The van der Waals surface area contributed by atoms with E-state index < -0.39 is 5.97 Å². The van der Waals surface area contributed by atoms with E-state index >= 15 is 0 Å². The van der Waals surface area contributed by atoms with Crippen LogP contribution in [0.1, 0.15) is 29.3 Å². The first-order chi connectivity index (χ1) is 8.58. The maximum atomic E-state index is 10.9. The quantitative estimate of drug-likeness (QED) is 0.865. The second kappa shape index (κ2) is 5.35. The third kappa shape index (κ3) is 2.79. The summed E-state index contributed by atoms with van der Waals surface area (Å²) in [5.74, 6) is -0.0814. The second-order valence-corrected chi connectivity index (χ2v) is 4.65. The molecule has 0 amide bonds. The number of carboxylic acid groups (broad SMARTS) is 1. The highest BCUT2D eigenvalue weighted by Gasteiger charge is 2.18. The van der Waals surface area contributed by atoms with Crippen LogP contribution in [0.25, 0.3) is 0 Å². The van der Waals surface area contributed by atoms with Gasteiger partial charge in [-0.25, -0.2) is 9.78 Å². The Kier molecular flexibility index (Phi) is 3.81. The number of ether oxygens (including phenoxy) is 1. The van der Waals surface area contributed by atoms with Crippen LogP contribution < -0.4 is 4.90 Å². The van der Waals surface area contributed by atoms with Crippen molar-refractivity contribution in [1.29, 1.82) is 0 Å². The monoisotopic (exact) mass is 250 g/mol. The van der Waals surface area contributed by atoms with E-state index in [0.29, 0.717) is 0 Å². The number of aryl methyl sites for hydroxylation is 1. The van der Waals surface area contributed by atoms with E-state index in [2.05, 4.69) is 9.88 Å². The van der Waals surface area contributed by atoms with Crippen LogP contribution in [-0.4, -0.2) is 41.9 Å². The first kappa shape index (κ1) is 12.8. The zero-order valence-corrected chi connectivity index (χ0v) is 10.7. The van der Waals surface area contributed by atoms with Gasteiger partial charge in [-0.1, -0.05) is 0 Å². The van der Waals surface area contributed by atoms with Gasteiger partial charge in [0.25, 0.3) is 0 Å². The van der Waals surface area contributed by atoms with Crippen molar-refractivity contribution in [1.82, 2.24) is 4.98 Å². The standard InChI is InChI=1S/C13H18N2O3/c1-9-6-11(13(16)17)7-14-12(9)15-4-3-5-18-10(2)8-15/h6-7,10H,3-5,8H2,1-2H3,(H,16,17). The molecule has 2 rings (SSSR count). The molecule has 2 heterocycles. The topological polar surface area (TPSA) is 62.7 Å². The van der Waals surface area contributed by atoms with E-state index in [9.17, 15) is 4.79 Å². The summed E-state index contributed by atoms with van der Waals surface area (Å²) >= 11 is 0. The molecule has 5 heteroatoms. The van der Waals surface area contributed by atoms with Crippen molar-refractivity contribution in [2.24, 2.45) is 0 Å². The number of aromatic carboxylic acids is 1. The highest BCUT2D eigenvalue weighted by molar-refractivity contribution is 5.87. The summed E-state index contributed by atoms with van der Waals surface area (Å²) in [5, 5.41) is 8.92. The van der Waals surface area contributed by atoms with Gasteiger partial charge in [0.1, 0.15) is 5.82 Å². The van der Waals surface area contributed by atoms with Crippen molar-refractivity contribution in [3.8, 4) is 0 Å². The molecule has 0 spiro atoms. The minimum atomic E-state index is -0.940. The van der Waals surface area contributed by atoms with Crippen LogP contribution >= 0.6 is 0 Å². The smallest absolute Gasteiger partial charge is 0.337 e. The number of hydrogen-bond acceptors (Lipinski definition) is 4. The summed E-state index contributed by atoms with van der Waals surface area (Å²) in [5.41, 5.74) is 1.12. The van der Waals surface area contributed by atoms with Gasteiger partial charge in [-0.2, -0.15) is 0 Å². The highest BCUT2D eigenvalue weighted by atomic mass is 16.5. The SMILES string of the molecule is Cc1cc(C(=O)O)cnc1N1CCCOC(C)C1. The Morgan fingerprint density at radius 1 is 1.61 bits per heavy atom. The molecular formula is C13H18N2O3. The van der Waals surface area contributed by atoms with Crippen molar-refractivity contribution < 1.29 is 14.6 Å². The largest absolute Gasteiger partial charge is 0.478 e. The fourth-order valence-corrected chi connectivity index (χ4v) is 2.20. The van der Waals surface area contributed by atoms with E-state index in [1.165, 1.54) is 6.20 Å². The number of aromatic nitrogens is 1. The van der Waals surface area contributed by atoms with Crippen molar-refractivity contribution >= 4 is 11.8 Å². The third-order valence-electron chi connectivity index (χ3n) is 3.05. The molecule has 0 bridgehead atoms. The molecule has 5 nitrogen and oxygen atoms in total. The van der Waals surface area contributed by atoms with Crippen molar-refractivity contribution in [3.63, 3.8) is 0 Å². The van der Waals surface area contributed by atoms with Gasteiger partial charge in [-0.05, 0) is 31.9 Å². The lowest BCUT2D eigenvalue weighted by atomic mass is 10.2. The number of rotatable bonds is 2. The van der Waals surface area contributed by atoms with Gasteiger partial charge in [0.05, 0.1) is 11.7 Å². The lowest BCUT2D eigenvalue weighted by molar-refractivity contribution is 0.0696. The van der Waals surface area contributed by atoms with Crippen LogP contribution in [0.15, 0.2) is 12.3 Å². The average Bonchev–Trinajstić information content (AvgIpc) is 2.53. The van der Waals surface area contributed by atoms with Gasteiger partial charge in [0.2, 0.25) is 0 Å². The number of hydrogen-bond donors (Lipinski definition) is 1. The molecule has 18 heavy (non-hydrogen) atoms. The Hall–Kier alpha value is -1.62. The molecule has 1 aromatic heterocycles. The minimum Gasteiger partial charge on any atom is -0.478 e. The molecule has 1 aliphatic heterocycles. The molecule has 1 saturated heterocycles. The van der Waals surface area contributed by atoms with Crippen LogP contribution in [0.5, 0.6) is 0 Å². The summed E-state index contributed by atoms with van der Waals surface area (Å²) in [6, 6.07) is 1.67. The van der Waals surface area contributed by atoms with Crippen LogP contribution in [-0.2, 0) is 4.74 Å². The van der Waals surface area contributed by atoms with Crippen LogP contribution in [0.3, 0.4) is 0 Å². The van der Waals surface area contributed by atoms with E-state index in [1.807, 2.05) is 13.8 Å².